The maximum Gasteiger partial charge on any atom is 0.00684 e. The summed E-state index contributed by atoms with van der Waals surface area (Å²) in [5.41, 5.74) is 0.700. The van der Waals surface area contributed by atoms with Gasteiger partial charge in [-0.3, -0.25) is 0 Å². The van der Waals surface area contributed by atoms with Gasteiger partial charge in [-0.1, -0.05) is 44.9 Å². The first-order valence-corrected chi connectivity index (χ1v) is 8.62. The number of nitrogens with one attached hydrogen (secondary N) is 1. The highest BCUT2D eigenvalue weighted by molar-refractivity contribution is 4.94. The molecule has 0 saturated heterocycles. The monoisotopic (exact) mass is 249 g/mol. The van der Waals surface area contributed by atoms with Gasteiger partial charge in [-0.05, 0) is 49.9 Å². The van der Waals surface area contributed by atoms with Crippen molar-refractivity contribution in [2.24, 2.45) is 11.3 Å². The second-order valence-electron chi connectivity index (χ2n) is 7.27. The van der Waals surface area contributed by atoms with Crippen molar-refractivity contribution in [1.82, 2.24) is 5.32 Å². The molecule has 0 atom stereocenters. The normalized spacial score (nSPS) is 30.0. The zero-order valence-corrected chi connectivity index (χ0v) is 12.1. The van der Waals surface area contributed by atoms with Gasteiger partial charge in [0.05, 0.1) is 0 Å². The fourth-order valence-electron chi connectivity index (χ4n) is 4.51. The van der Waals surface area contributed by atoms with Crippen LogP contribution in [0.2, 0.25) is 0 Å². The standard InChI is InChI=1S/C17H31N/c1-2-5-9-15(8-4-1)17(12-6-3-7-13-17)14-18-16-10-11-16/h15-16,18H,1-14H2. The van der Waals surface area contributed by atoms with Gasteiger partial charge in [0.2, 0.25) is 0 Å². The molecule has 1 heteroatoms. The summed E-state index contributed by atoms with van der Waals surface area (Å²) in [7, 11) is 0. The Morgan fingerprint density at radius 1 is 0.722 bits per heavy atom. The fraction of sp³-hybridized carbons (Fsp3) is 1.00. The van der Waals surface area contributed by atoms with Crippen molar-refractivity contribution in [3.8, 4) is 0 Å². The van der Waals surface area contributed by atoms with E-state index in [2.05, 4.69) is 5.32 Å². The summed E-state index contributed by atoms with van der Waals surface area (Å²) in [5, 5.41) is 3.88. The molecule has 3 rings (SSSR count). The molecule has 1 nitrogen and oxygen atoms in total. The maximum absolute atomic E-state index is 3.88. The molecule has 0 amide bonds. The fourth-order valence-corrected chi connectivity index (χ4v) is 4.51. The molecular weight excluding hydrogens is 218 g/mol. The zero-order chi connectivity index (χ0) is 12.3. The smallest absolute Gasteiger partial charge is 0.00684 e. The Morgan fingerprint density at radius 2 is 1.33 bits per heavy atom. The van der Waals surface area contributed by atoms with E-state index >= 15 is 0 Å². The third-order valence-electron chi connectivity index (χ3n) is 5.89. The molecule has 0 radical (unpaired) electrons. The van der Waals surface area contributed by atoms with Gasteiger partial charge < -0.3 is 5.32 Å². The molecule has 0 aromatic carbocycles. The van der Waals surface area contributed by atoms with Crippen molar-refractivity contribution >= 4 is 0 Å². The van der Waals surface area contributed by atoms with E-state index in [1.54, 1.807) is 0 Å². The van der Waals surface area contributed by atoms with Crippen molar-refractivity contribution in [2.75, 3.05) is 6.54 Å². The SMILES string of the molecule is C1CCCC(C2(CNC3CC3)CCCCC2)CC1. The molecule has 0 aromatic rings. The Morgan fingerprint density at radius 3 is 1.94 bits per heavy atom. The molecule has 0 aliphatic heterocycles. The second-order valence-corrected chi connectivity index (χ2v) is 7.27. The van der Waals surface area contributed by atoms with Crippen molar-refractivity contribution in [3.63, 3.8) is 0 Å². The predicted molar refractivity (Wildman–Crippen MR) is 77.7 cm³/mol. The van der Waals surface area contributed by atoms with Gasteiger partial charge in [-0.15, -0.1) is 0 Å². The van der Waals surface area contributed by atoms with Crippen molar-refractivity contribution < 1.29 is 0 Å². The van der Waals surface area contributed by atoms with Crippen LogP contribution in [0.3, 0.4) is 0 Å². The number of hydrogen-bond donors (Lipinski definition) is 1. The number of hydrogen-bond acceptors (Lipinski definition) is 1. The zero-order valence-electron chi connectivity index (χ0n) is 12.1. The number of rotatable bonds is 4. The van der Waals surface area contributed by atoms with Gasteiger partial charge >= 0.3 is 0 Å². The quantitative estimate of drug-likeness (QED) is 0.715. The molecule has 3 aliphatic carbocycles. The van der Waals surface area contributed by atoms with Gasteiger partial charge in [0.15, 0.2) is 0 Å². The minimum absolute atomic E-state index is 0.700. The summed E-state index contributed by atoms with van der Waals surface area (Å²) >= 11 is 0. The van der Waals surface area contributed by atoms with Gasteiger partial charge in [-0.25, -0.2) is 0 Å². The summed E-state index contributed by atoms with van der Waals surface area (Å²) in [6, 6.07) is 0.898. The Labute approximate surface area is 113 Å². The van der Waals surface area contributed by atoms with Gasteiger partial charge in [-0.2, -0.15) is 0 Å². The van der Waals surface area contributed by atoms with Crippen molar-refractivity contribution in [2.45, 2.75) is 89.5 Å². The lowest BCUT2D eigenvalue weighted by molar-refractivity contribution is 0.0815. The van der Waals surface area contributed by atoms with Gasteiger partial charge in [0.25, 0.3) is 0 Å². The van der Waals surface area contributed by atoms with Crippen LogP contribution in [0.25, 0.3) is 0 Å². The van der Waals surface area contributed by atoms with Crippen LogP contribution in [0.15, 0.2) is 0 Å². The molecule has 1 N–H and O–H groups in total. The van der Waals surface area contributed by atoms with E-state index in [0.29, 0.717) is 5.41 Å². The van der Waals surface area contributed by atoms with E-state index in [0.717, 1.165) is 12.0 Å². The molecule has 3 fully saturated rings. The van der Waals surface area contributed by atoms with E-state index in [4.69, 9.17) is 0 Å². The van der Waals surface area contributed by atoms with E-state index in [-0.39, 0.29) is 0 Å². The molecule has 3 saturated carbocycles. The van der Waals surface area contributed by atoms with E-state index in [9.17, 15) is 0 Å². The average molecular weight is 249 g/mol. The van der Waals surface area contributed by atoms with Crippen molar-refractivity contribution in [3.05, 3.63) is 0 Å². The Balaban J connectivity index is 1.65. The van der Waals surface area contributed by atoms with E-state index in [1.165, 1.54) is 90.0 Å². The highest BCUT2D eigenvalue weighted by atomic mass is 15.0. The molecular formula is C17H31N. The first-order valence-electron chi connectivity index (χ1n) is 8.62. The molecule has 3 aliphatic rings. The second kappa shape index (κ2) is 5.94. The third-order valence-corrected chi connectivity index (χ3v) is 5.89. The van der Waals surface area contributed by atoms with E-state index in [1.807, 2.05) is 0 Å². The average Bonchev–Trinajstić information content (AvgIpc) is 3.24. The van der Waals surface area contributed by atoms with Crippen LogP contribution >= 0.6 is 0 Å². The summed E-state index contributed by atoms with van der Waals surface area (Å²) in [4.78, 5) is 0. The maximum atomic E-state index is 3.88. The highest BCUT2D eigenvalue weighted by Gasteiger charge is 2.40. The van der Waals surface area contributed by atoms with Crippen LogP contribution in [0.5, 0.6) is 0 Å². The first kappa shape index (κ1) is 13.0. The van der Waals surface area contributed by atoms with Crippen molar-refractivity contribution in [1.29, 1.82) is 0 Å². The lowest BCUT2D eigenvalue weighted by Crippen LogP contribution is -2.42. The van der Waals surface area contributed by atoms with Crippen LogP contribution in [0.4, 0.5) is 0 Å². The minimum Gasteiger partial charge on any atom is -0.313 e. The van der Waals surface area contributed by atoms with Gasteiger partial charge in [0.1, 0.15) is 0 Å². The minimum atomic E-state index is 0.700. The summed E-state index contributed by atoms with van der Waals surface area (Å²) < 4.78 is 0. The summed E-state index contributed by atoms with van der Waals surface area (Å²) in [6.45, 7) is 1.35. The summed E-state index contributed by atoms with van der Waals surface area (Å²) in [5.74, 6) is 1.05. The third kappa shape index (κ3) is 3.10. The molecule has 0 heterocycles. The Bertz CT molecular complexity index is 242. The molecule has 18 heavy (non-hydrogen) atoms. The molecule has 0 bridgehead atoms. The van der Waals surface area contributed by atoms with E-state index < -0.39 is 0 Å². The molecule has 0 unspecified atom stereocenters. The molecule has 0 aromatic heterocycles. The Kier molecular flexibility index (Phi) is 4.28. The lowest BCUT2D eigenvalue weighted by Gasteiger charge is -2.44. The largest absolute Gasteiger partial charge is 0.313 e. The van der Waals surface area contributed by atoms with Crippen LogP contribution in [-0.2, 0) is 0 Å². The van der Waals surface area contributed by atoms with Crippen LogP contribution in [0.1, 0.15) is 83.5 Å². The van der Waals surface area contributed by atoms with Gasteiger partial charge in [0, 0.05) is 12.6 Å². The Hall–Kier alpha value is -0.0400. The lowest BCUT2D eigenvalue weighted by atomic mass is 9.63. The van der Waals surface area contributed by atoms with Crippen LogP contribution < -0.4 is 5.32 Å². The van der Waals surface area contributed by atoms with Crippen LogP contribution in [0, 0.1) is 11.3 Å². The van der Waals surface area contributed by atoms with Crippen LogP contribution in [-0.4, -0.2) is 12.6 Å². The first-order chi connectivity index (χ1) is 8.89. The molecule has 104 valence electrons. The topological polar surface area (TPSA) is 12.0 Å². The summed E-state index contributed by atoms with van der Waals surface area (Å²) in [6.07, 6.45) is 19.5. The molecule has 0 spiro atoms. The predicted octanol–water partition coefficient (Wildman–Crippen LogP) is 4.66. The highest BCUT2D eigenvalue weighted by Crippen LogP contribution is 2.47.